The van der Waals surface area contributed by atoms with Crippen LogP contribution < -0.4 is 0 Å². The third-order valence-corrected chi connectivity index (χ3v) is 8.96. The van der Waals surface area contributed by atoms with Crippen LogP contribution in [0, 0.1) is 5.82 Å². The van der Waals surface area contributed by atoms with Crippen molar-refractivity contribution in [1.29, 1.82) is 0 Å². The van der Waals surface area contributed by atoms with Gasteiger partial charge in [0.2, 0.25) is 0 Å². The fourth-order valence-electron chi connectivity index (χ4n) is 1.37. The summed E-state index contributed by atoms with van der Waals surface area (Å²) >= 11 is 3.44. The lowest BCUT2D eigenvalue weighted by atomic mass is 10.2. The highest BCUT2D eigenvalue weighted by atomic mass is 79.9. The highest BCUT2D eigenvalue weighted by Gasteiger charge is 2.36. The van der Waals surface area contributed by atoms with E-state index in [1.165, 1.54) is 6.07 Å². The van der Waals surface area contributed by atoms with Gasteiger partial charge in [0.25, 0.3) is 0 Å². The third-order valence-electron chi connectivity index (χ3n) is 3.65. The molecular formula is C14H22BrFOSi. The summed E-state index contributed by atoms with van der Waals surface area (Å²) in [6.45, 7) is 11.8. The molecule has 0 atom stereocenters. The Labute approximate surface area is 119 Å². The Bertz CT molecular complexity index is 413. The Kier molecular flexibility index (Phi) is 5.15. The van der Waals surface area contributed by atoms with Crippen molar-refractivity contribution >= 4 is 24.2 Å². The molecule has 1 aromatic carbocycles. The van der Waals surface area contributed by atoms with Crippen LogP contribution >= 0.6 is 15.9 Å². The standard InChI is InChI=1S/C14H22BrFOSi/c1-14(2,3)18(4,5)17-9-8-11-10-12(16)6-7-13(11)15/h6-7,10H,8-9H2,1-5H3. The Balaban J connectivity index is 2.59. The average Bonchev–Trinajstić information content (AvgIpc) is 2.21. The fourth-order valence-corrected chi connectivity index (χ4v) is 2.86. The maximum atomic E-state index is 13.1. The molecular weight excluding hydrogens is 311 g/mol. The van der Waals surface area contributed by atoms with Crippen molar-refractivity contribution in [3.63, 3.8) is 0 Å². The zero-order valence-electron chi connectivity index (χ0n) is 11.8. The maximum absolute atomic E-state index is 13.1. The van der Waals surface area contributed by atoms with Crippen LogP contribution in [0.25, 0.3) is 0 Å². The second kappa shape index (κ2) is 5.84. The lowest BCUT2D eigenvalue weighted by Gasteiger charge is -2.36. The van der Waals surface area contributed by atoms with E-state index in [9.17, 15) is 4.39 Å². The summed E-state index contributed by atoms with van der Waals surface area (Å²) in [6, 6.07) is 4.78. The monoisotopic (exact) mass is 332 g/mol. The second-order valence-electron chi connectivity index (χ2n) is 6.09. The minimum absolute atomic E-state index is 0.194. The number of hydrogen-bond acceptors (Lipinski definition) is 1. The molecule has 0 heterocycles. The highest BCUT2D eigenvalue weighted by Crippen LogP contribution is 2.36. The first-order valence-electron chi connectivity index (χ1n) is 6.21. The van der Waals surface area contributed by atoms with Gasteiger partial charge in [-0.1, -0.05) is 36.7 Å². The average molecular weight is 333 g/mol. The van der Waals surface area contributed by atoms with Crippen LogP contribution in [-0.2, 0) is 10.8 Å². The lowest BCUT2D eigenvalue weighted by Crippen LogP contribution is -2.41. The van der Waals surface area contributed by atoms with Crippen molar-refractivity contribution < 1.29 is 8.82 Å². The minimum Gasteiger partial charge on any atom is -0.416 e. The molecule has 1 aromatic rings. The SMILES string of the molecule is CC(C)(C)[Si](C)(C)OCCc1cc(F)ccc1Br. The largest absolute Gasteiger partial charge is 0.416 e. The summed E-state index contributed by atoms with van der Waals surface area (Å²) in [7, 11) is -1.70. The molecule has 1 nitrogen and oxygen atoms in total. The molecule has 18 heavy (non-hydrogen) atoms. The first kappa shape index (κ1) is 15.9. The van der Waals surface area contributed by atoms with Crippen LogP contribution in [0.2, 0.25) is 18.1 Å². The molecule has 0 unspecified atom stereocenters. The number of rotatable bonds is 4. The lowest BCUT2D eigenvalue weighted by molar-refractivity contribution is 0.291. The quantitative estimate of drug-likeness (QED) is 0.692. The second-order valence-corrected chi connectivity index (χ2v) is 11.8. The van der Waals surface area contributed by atoms with Gasteiger partial charge < -0.3 is 4.43 Å². The molecule has 0 saturated carbocycles. The molecule has 0 spiro atoms. The van der Waals surface area contributed by atoms with Crippen molar-refractivity contribution in [2.75, 3.05) is 6.61 Å². The molecule has 0 bridgehead atoms. The van der Waals surface area contributed by atoms with E-state index in [2.05, 4.69) is 49.8 Å². The Morgan fingerprint density at radius 3 is 2.44 bits per heavy atom. The van der Waals surface area contributed by atoms with Crippen molar-refractivity contribution in [3.8, 4) is 0 Å². The predicted molar refractivity (Wildman–Crippen MR) is 81.0 cm³/mol. The first-order chi connectivity index (χ1) is 8.13. The van der Waals surface area contributed by atoms with Crippen LogP contribution in [0.4, 0.5) is 4.39 Å². The molecule has 0 fully saturated rings. The molecule has 1 rings (SSSR count). The molecule has 0 aliphatic heterocycles. The summed E-state index contributed by atoms with van der Waals surface area (Å²) in [5.74, 6) is -0.194. The number of hydrogen-bond donors (Lipinski definition) is 0. The zero-order chi connectivity index (χ0) is 14.0. The first-order valence-corrected chi connectivity index (χ1v) is 9.91. The summed E-state index contributed by atoms with van der Waals surface area (Å²) in [5, 5.41) is 0.214. The van der Waals surface area contributed by atoms with Gasteiger partial charge in [0.1, 0.15) is 5.82 Å². The molecule has 0 saturated heterocycles. The molecule has 0 aromatic heterocycles. The number of halogens is 2. The van der Waals surface area contributed by atoms with Crippen molar-refractivity contribution in [1.82, 2.24) is 0 Å². The van der Waals surface area contributed by atoms with Crippen molar-refractivity contribution in [2.45, 2.75) is 45.3 Å². The van der Waals surface area contributed by atoms with Crippen molar-refractivity contribution in [3.05, 3.63) is 34.1 Å². The minimum atomic E-state index is -1.70. The molecule has 4 heteroatoms. The van der Waals surface area contributed by atoms with Gasteiger partial charge in [0.05, 0.1) is 0 Å². The van der Waals surface area contributed by atoms with Gasteiger partial charge in [-0.05, 0) is 48.3 Å². The van der Waals surface area contributed by atoms with E-state index < -0.39 is 8.32 Å². The van der Waals surface area contributed by atoms with E-state index in [0.29, 0.717) is 6.61 Å². The van der Waals surface area contributed by atoms with E-state index in [-0.39, 0.29) is 10.9 Å². The Morgan fingerprint density at radius 2 is 1.89 bits per heavy atom. The summed E-state index contributed by atoms with van der Waals surface area (Å²) in [4.78, 5) is 0. The molecule has 0 aliphatic rings. The maximum Gasteiger partial charge on any atom is 0.191 e. The van der Waals surface area contributed by atoms with Crippen LogP contribution in [0.1, 0.15) is 26.3 Å². The predicted octanol–water partition coefficient (Wildman–Crippen LogP) is 5.15. The zero-order valence-corrected chi connectivity index (χ0v) is 14.4. The Morgan fingerprint density at radius 1 is 1.28 bits per heavy atom. The van der Waals surface area contributed by atoms with Crippen molar-refractivity contribution in [2.24, 2.45) is 0 Å². The summed E-state index contributed by atoms with van der Waals surface area (Å²) < 4.78 is 20.2. The Hall–Kier alpha value is -0.193. The molecule has 0 N–H and O–H groups in total. The molecule has 0 aliphatic carbocycles. The van der Waals surface area contributed by atoms with Gasteiger partial charge >= 0.3 is 0 Å². The smallest absolute Gasteiger partial charge is 0.191 e. The van der Waals surface area contributed by atoms with Gasteiger partial charge in [-0.3, -0.25) is 0 Å². The number of benzene rings is 1. The topological polar surface area (TPSA) is 9.23 Å². The van der Waals surface area contributed by atoms with Crippen LogP contribution in [0.15, 0.2) is 22.7 Å². The highest BCUT2D eigenvalue weighted by molar-refractivity contribution is 9.10. The van der Waals surface area contributed by atoms with E-state index in [4.69, 9.17) is 4.43 Å². The van der Waals surface area contributed by atoms with Gasteiger partial charge in [-0.15, -0.1) is 0 Å². The van der Waals surface area contributed by atoms with Gasteiger partial charge in [0, 0.05) is 11.1 Å². The van der Waals surface area contributed by atoms with Crippen LogP contribution in [0.5, 0.6) is 0 Å². The van der Waals surface area contributed by atoms with Gasteiger partial charge in [0.15, 0.2) is 8.32 Å². The third kappa shape index (κ3) is 4.18. The van der Waals surface area contributed by atoms with E-state index in [0.717, 1.165) is 16.5 Å². The summed E-state index contributed by atoms with van der Waals surface area (Å²) in [5.41, 5.74) is 0.966. The van der Waals surface area contributed by atoms with Gasteiger partial charge in [-0.25, -0.2) is 4.39 Å². The van der Waals surface area contributed by atoms with Crippen LogP contribution in [0.3, 0.4) is 0 Å². The molecule has 0 radical (unpaired) electrons. The van der Waals surface area contributed by atoms with Crippen LogP contribution in [-0.4, -0.2) is 14.9 Å². The normalized spacial score (nSPS) is 12.8. The van der Waals surface area contributed by atoms with E-state index in [1.807, 2.05) is 0 Å². The van der Waals surface area contributed by atoms with E-state index >= 15 is 0 Å². The fraction of sp³-hybridized carbons (Fsp3) is 0.571. The van der Waals surface area contributed by atoms with Gasteiger partial charge in [-0.2, -0.15) is 0 Å². The molecule has 102 valence electrons. The molecule has 0 amide bonds. The van der Waals surface area contributed by atoms with E-state index in [1.54, 1.807) is 12.1 Å². The summed E-state index contributed by atoms with van der Waals surface area (Å²) in [6.07, 6.45) is 0.741.